The molecular formula is C52H79N15O11S2. The fraction of sp³-hybridized carbons (Fsp3) is 0.615. The van der Waals surface area contributed by atoms with Crippen LogP contribution in [0.3, 0.4) is 0 Å². The summed E-state index contributed by atoms with van der Waals surface area (Å²) in [6, 6.07) is -2.35. The second-order valence-corrected chi connectivity index (χ2v) is 24.6. The molecule has 1 aliphatic carbocycles. The molecule has 3 aliphatic rings. The van der Waals surface area contributed by atoms with E-state index in [9.17, 15) is 47.9 Å². The highest BCUT2D eigenvalue weighted by Crippen LogP contribution is 2.53. The van der Waals surface area contributed by atoms with E-state index < -0.39 is 142 Å². The van der Waals surface area contributed by atoms with Crippen LogP contribution in [0.15, 0.2) is 35.5 Å². The summed E-state index contributed by atoms with van der Waals surface area (Å²) in [5.41, 5.74) is 28.9. The number of aromatic amines is 1. The van der Waals surface area contributed by atoms with Crippen LogP contribution in [-0.4, -0.2) is 152 Å². The van der Waals surface area contributed by atoms with Gasteiger partial charge >= 0.3 is 0 Å². The fourth-order valence-electron chi connectivity index (χ4n) is 10.0. The second kappa shape index (κ2) is 29.4. The number of hydrogen-bond donors (Lipinski definition) is 13. The number of carbonyl (C=O) groups is 11. The summed E-state index contributed by atoms with van der Waals surface area (Å²) >= 11 is 0. The lowest BCUT2D eigenvalue weighted by Gasteiger charge is -2.41. The molecule has 2 aliphatic heterocycles. The number of primary amides is 3. The first-order valence-electron chi connectivity index (χ1n) is 27.0. The van der Waals surface area contributed by atoms with Crippen LogP contribution in [0, 0.1) is 5.92 Å². The van der Waals surface area contributed by atoms with Crippen molar-refractivity contribution in [3.8, 4) is 0 Å². The second-order valence-electron chi connectivity index (χ2n) is 21.4. The Hall–Kier alpha value is -7.10. The number of nitrogens with two attached hydrogens (primary N) is 5. The number of nitrogens with zero attached hydrogens (tertiary/aromatic N) is 2. The molecule has 3 fully saturated rings. The molecule has 440 valence electrons. The van der Waals surface area contributed by atoms with E-state index in [2.05, 4.69) is 47.2 Å². The average Bonchev–Trinajstić information content (AvgIpc) is 4.16. The highest BCUT2D eigenvalue weighted by Gasteiger charge is 2.48. The molecule has 2 aromatic rings. The number of amides is 11. The molecule has 0 unspecified atom stereocenters. The molecule has 1 aromatic carbocycles. The minimum atomic E-state index is -1.78. The van der Waals surface area contributed by atoms with E-state index in [4.69, 9.17) is 28.7 Å². The molecule has 1 spiro atoms. The number of aromatic nitrogens is 1. The number of para-hydroxylation sites is 1. The average molecular weight is 1150 g/mol. The monoisotopic (exact) mass is 1150 g/mol. The Kier molecular flexibility index (Phi) is 23.4. The van der Waals surface area contributed by atoms with Gasteiger partial charge in [-0.25, -0.2) is 0 Å². The molecule has 11 amide bonds. The molecule has 8 atom stereocenters. The minimum Gasteiger partial charge on any atom is -0.370 e. The Bertz CT molecular complexity index is 2640. The topological polar surface area (TPSA) is 433 Å². The third-order valence-electron chi connectivity index (χ3n) is 14.7. The number of carbonyl (C=O) groups excluding carboxylic acids is 11. The van der Waals surface area contributed by atoms with Crippen molar-refractivity contribution in [3.05, 3.63) is 36.0 Å². The van der Waals surface area contributed by atoms with Crippen molar-refractivity contribution in [2.45, 2.75) is 176 Å². The van der Waals surface area contributed by atoms with Crippen molar-refractivity contribution in [3.63, 3.8) is 0 Å². The van der Waals surface area contributed by atoms with E-state index >= 15 is 4.79 Å². The zero-order valence-electron chi connectivity index (χ0n) is 45.8. The van der Waals surface area contributed by atoms with Gasteiger partial charge in [0.2, 0.25) is 65.0 Å². The van der Waals surface area contributed by atoms with Crippen LogP contribution in [0.4, 0.5) is 0 Å². The van der Waals surface area contributed by atoms with Crippen molar-refractivity contribution in [2.75, 3.05) is 19.6 Å². The smallest absolute Gasteiger partial charge is 0.247 e. The van der Waals surface area contributed by atoms with Gasteiger partial charge in [-0.15, -0.1) is 0 Å². The minimum absolute atomic E-state index is 0.0174. The molecule has 18 N–H and O–H groups in total. The normalized spacial score (nSPS) is 23.9. The molecule has 1 aromatic heterocycles. The first-order chi connectivity index (χ1) is 37.8. The van der Waals surface area contributed by atoms with Gasteiger partial charge in [0.05, 0.1) is 13.0 Å². The Morgan fingerprint density at radius 3 is 2.14 bits per heavy atom. The van der Waals surface area contributed by atoms with Crippen LogP contribution in [0.25, 0.3) is 10.9 Å². The van der Waals surface area contributed by atoms with E-state index in [1.54, 1.807) is 33.9 Å². The van der Waals surface area contributed by atoms with Crippen LogP contribution in [0.2, 0.25) is 0 Å². The van der Waals surface area contributed by atoms with Crippen LogP contribution in [0.1, 0.15) is 123 Å². The van der Waals surface area contributed by atoms with Gasteiger partial charge in [-0.2, -0.15) is 0 Å². The van der Waals surface area contributed by atoms with E-state index in [0.717, 1.165) is 30.2 Å². The van der Waals surface area contributed by atoms with Crippen molar-refractivity contribution in [1.82, 2.24) is 47.1 Å². The third kappa shape index (κ3) is 18.2. The highest BCUT2D eigenvalue weighted by molar-refractivity contribution is 8.77. The molecule has 0 bridgehead atoms. The molecular weight excluding hydrogens is 1070 g/mol. The van der Waals surface area contributed by atoms with Gasteiger partial charge in [0.15, 0.2) is 5.96 Å². The number of nitrogens with one attached hydrogen (secondary N) is 8. The molecule has 0 radical (unpaired) electrons. The summed E-state index contributed by atoms with van der Waals surface area (Å²) in [5, 5.41) is 19.6. The van der Waals surface area contributed by atoms with Crippen molar-refractivity contribution in [2.24, 2.45) is 39.6 Å². The van der Waals surface area contributed by atoms with Gasteiger partial charge in [-0.1, -0.05) is 79.3 Å². The van der Waals surface area contributed by atoms with Gasteiger partial charge in [0.1, 0.15) is 42.3 Å². The van der Waals surface area contributed by atoms with E-state index in [0.29, 0.717) is 31.2 Å². The molecule has 5 rings (SSSR count). The van der Waals surface area contributed by atoms with E-state index in [-0.39, 0.29) is 57.6 Å². The van der Waals surface area contributed by atoms with Crippen molar-refractivity contribution in [1.29, 1.82) is 0 Å². The maximum Gasteiger partial charge on any atom is 0.247 e. The molecule has 80 heavy (non-hydrogen) atoms. The summed E-state index contributed by atoms with van der Waals surface area (Å²) in [7, 11) is 2.57. The fourth-order valence-corrected chi connectivity index (χ4v) is 13.5. The molecule has 1 saturated carbocycles. The van der Waals surface area contributed by atoms with Gasteiger partial charge < -0.3 is 75.8 Å². The summed E-state index contributed by atoms with van der Waals surface area (Å²) in [6.45, 7) is 6.48. The lowest BCUT2D eigenvalue weighted by atomic mass is 9.85. The first kappa shape index (κ1) is 63.7. The maximum atomic E-state index is 15.3. The van der Waals surface area contributed by atoms with E-state index in [1.165, 1.54) is 26.5 Å². The number of benzene rings is 1. The Morgan fingerprint density at radius 2 is 1.48 bits per heavy atom. The molecule has 3 heterocycles. The Labute approximate surface area is 472 Å². The predicted octanol–water partition coefficient (Wildman–Crippen LogP) is -1.28. The molecule has 26 nitrogen and oxygen atoms in total. The van der Waals surface area contributed by atoms with Gasteiger partial charge in [0, 0.05) is 58.9 Å². The van der Waals surface area contributed by atoms with Gasteiger partial charge in [0.25, 0.3) is 0 Å². The number of guanidine groups is 1. The van der Waals surface area contributed by atoms with Crippen LogP contribution in [-0.2, 0) is 59.2 Å². The lowest BCUT2D eigenvalue weighted by Crippen LogP contribution is -2.64. The summed E-state index contributed by atoms with van der Waals surface area (Å²) in [4.78, 5) is 161. The molecule has 28 heteroatoms. The number of aliphatic imine (C=N–C) groups is 1. The highest BCUT2D eigenvalue weighted by atomic mass is 33.1. The SMILES string of the molecule is CC[C@H](C)[C@@H]1NC(=O)[C@@H](Cc2c[nH]c3ccccc23)NC(=O)CC2(CCCCC2)SSC(C)(C)[C@H](C(=O)N2CCC[C@H]2C(=O)N[C@@H](CCCN=C(N)N)C(=O)NCC(N)=O)NC(=O)[C@H](CC(N)=O)NC(=O)[C@H](CCC(N)=O)NC1=O. The number of rotatable bonds is 19. The quantitative estimate of drug-likeness (QED) is 0.0337. The molecule has 2 saturated heterocycles. The van der Waals surface area contributed by atoms with E-state index in [1.807, 2.05) is 24.3 Å². The summed E-state index contributed by atoms with van der Waals surface area (Å²) in [5.74, 6) is -9.71. The van der Waals surface area contributed by atoms with Crippen LogP contribution < -0.4 is 65.9 Å². The lowest BCUT2D eigenvalue weighted by molar-refractivity contribution is -0.143. The summed E-state index contributed by atoms with van der Waals surface area (Å²) < 4.78 is -2.10. The van der Waals surface area contributed by atoms with Crippen molar-refractivity contribution >= 4 is 103 Å². The number of H-pyrrole nitrogens is 1. The van der Waals surface area contributed by atoms with Crippen molar-refractivity contribution < 1.29 is 52.7 Å². The Balaban J connectivity index is 1.58. The van der Waals surface area contributed by atoms with Crippen LogP contribution >= 0.6 is 21.6 Å². The van der Waals surface area contributed by atoms with Gasteiger partial charge in [-0.05, 0) is 76.3 Å². The Morgan fingerprint density at radius 1 is 0.800 bits per heavy atom. The summed E-state index contributed by atoms with van der Waals surface area (Å²) in [6.07, 6.45) is 4.68. The third-order valence-corrected chi connectivity index (χ3v) is 18.9. The van der Waals surface area contributed by atoms with Gasteiger partial charge in [-0.3, -0.25) is 57.7 Å². The number of hydrogen-bond acceptors (Lipinski definition) is 14. The largest absolute Gasteiger partial charge is 0.370 e. The standard InChI is InChI=1S/C52H79N15O11S2/c1-5-28(2)41-48(77)63-33(17-18-37(53)68)44(73)64-35(24-38(54)69)46(75)66-42(49(78)67-22-12-16-36(67)47(76)62-32(15-11-21-58-50(56)57)43(72)60-27-39(55)70)51(3,4)79-80-52(19-9-6-10-20-52)25-40(71)61-34(45(74)65-41)23-29-26-59-31-14-8-7-13-30(29)31/h7-8,13-14,26,28,32-36,41-42,59H,5-6,9-12,15-25,27H2,1-4H3,(H2,53,68)(H2,54,69)(H2,55,70)(H,60,72)(H,61,71)(H,62,76)(H,63,77)(H,64,73)(H,65,74)(H,66,75)(H4,56,57,58)/t28-,32-,33-,34+,35-,36-,41-,42-/m0/s1. The zero-order chi connectivity index (χ0) is 58.9. The first-order valence-corrected chi connectivity index (χ1v) is 29.2. The maximum absolute atomic E-state index is 15.3. The van der Waals surface area contributed by atoms with Crippen LogP contribution in [0.5, 0.6) is 0 Å². The predicted molar refractivity (Wildman–Crippen MR) is 302 cm³/mol. The number of likely N-dealkylation sites (tertiary alicyclic amines) is 1. The number of fused-ring (bicyclic) bond motifs is 1. The zero-order valence-corrected chi connectivity index (χ0v) is 47.5.